The minimum Gasteiger partial charge on any atom is -0.339 e. The minimum atomic E-state index is -0.531. The molecule has 1 aliphatic carbocycles. The van der Waals surface area contributed by atoms with Crippen LogP contribution in [-0.4, -0.2) is 29.4 Å². The van der Waals surface area contributed by atoms with Crippen LogP contribution in [0.1, 0.15) is 33.1 Å². The molecule has 1 amide bonds. The predicted octanol–water partition coefficient (Wildman–Crippen LogP) is 0.984. The fourth-order valence-corrected chi connectivity index (χ4v) is 1.56. The molecule has 1 unspecified atom stereocenters. The second kappa shape index (κ2) is 5.18. The number of carbonyl (C=O) groups is 1. The monoisotopic (exact) mass is 208 g/mol. The summed E-state index contributed by atoms with van der Waals surface area (Å²) in [5, 5.41) is 0. The normalized spacial score (nSPS) is 17.3. The second-order valence-electron chi connectivity index (χ2n) is 4.54. The molecular weight excluding hydrogens is 188 g/mol. The molecular formula is C12H20N2O. The van der Waals surface area contributed by atoms with E-state index in [9.17, 15) is 4.79 Å². The summed E-state index contributed by atoms with van der Waals surface area (Å²) in [5.41, 5.74) is 5.73. The zero-order valence-corrected chi connectivity index (χ0v) is 9.57. The lowest BCUT2D eigenvalue weighted by Crippen LogP contribution is -2.47. The molecule has 0 aliphatic heterocycles. The highest BCUT2D eigenvalue weighted by Gasteiger charge is 2.30. The lowest BCUT2D eigenvalue weighted by molar-refractivity contribution is -0.134. The number of hydrogen-bond acceptors (Lipinski definition) is 2. The molecule has 1 fully saturated rings. The maximum absolute atomic E-state index is 11.9. The maximum Gasteiger partial charge on any atom is 0.240 e. The maximum atomic E-state index is 11.9. The number of terminal acetylenes is 1. The molecule has 0 spiro atoms. The van der Waals surface area contributed by atoms with Gasteiger partial charge in [-0.15, -0.1) is 12.3 Å². The van der Waals surface area contributed by atoms with Gasteiger partial charge in [-0.1, -0.05) is 0 Å². The molecule has 3 heteroatoms. The van der Waals surface area contributed by atoms with Crippen molar-refractivity contribution in [2.24, 2.45) is 11.7 Å². The van der Waals surface area contributed by atoms with Gasteiger partial charge in [-0.3, -0.25) is 4.79 Å². The Labute approximate surface area is 92.0 Å². The molecule has 2 N–H and O–H groups in total. The Balaban J connectivity index is 2.53. The molecule has 0 saturated heterocycles. The Morgan fingerprint density at radius 3 is 2.60 bits per heavy atom. The first kappa shape index (κ1) is 12.1. The summed E-state index contributed by atoms with van der Waals surface area (Å²) in [7, 11) is 0. The molecule has 0 bridgehead atoms. The molecule has 1 atom stereocenters. The molecule has 1 aliphatic rings. The van der Waals surface area contributed by atoms with Gasteiger partial charge < -0.3 is 10.6 Å². The highest BCUT2D eigenvalue weighted by atomic mass is 16.2. The van der Waals surface area contributed by atoms with Gasteiger partial charge in [0.1, 0.15) is 0 Å². The number of nitrogens with two attached hydrogens (primary N) is 1. The van der Waals surface area contributed by atoms with Gasteiger partial charge in [0.15, 0.2) is 0 Å². The third kappa shape index (κ3) is 3.56. The zero-order valence-electron chi connectivity index (χ0n) is 9.57. The van der Waals surface area contributed by atoms with Gasteiger partial charge in [-0.25, -0.2) is 0 Å². The van der Waals surface area contributed by atoms with Crippen LogP contribution < -0.4 is 5.73 Å². The van der Waals surface area contributed by atoms with Gasteiger partial charge in [0.2, 0.25) is 5.91 Å². The van der Waals surface area contributed by atoms with Crippen LogP contribution in [0, 0.1) is 18.3 Å². The van der Waals surface area contributed by atoms with Crippen LogP contribution in [-0.2, 0) is 4.79 Å². The fraction of sp³-hybridized carbons (Fsp3) is 0.750. The van der Waals surface area contributed by atoms with Gasteiger partial charge in [0.05, 0.1) is 6.04 Å². The van der Waals surface area contributed by atoms with Crippen LogP contribution >= 0.6 is 0 Å². The fourth-order valence-electron chi connectivity index (χ4n) is 1.56. The summed E-state index contributed by atoms with van der Waals surface area (Å²) in [6, 6.07) is -0.321. The van der Waals surface area contributed by atoms with Crippen molar-refractivity contribution in [1.82, 2.24) is 4.90 Å². The van der Waals surface area contributed by atoms with Gasteiger partial charge in [0.25, 0.3) is 0 Å². The van der Waals surface area contributed by atoms with Crippen molar-refractivity contribution in [3.05, 3.63) is 0 Å². The lowest BCUT2D eigenvalue weighted by atomic mass is 10.1. The summed E-state index contributed by atoms with van der Waals surface area (Å²) < 4.78 is 0. The summed E-state index contributed by atoms with van der Waals surface area (Å²) in [5.74, 6) is 3.12. The molecule has 15 heavy (non-hydrogen) atoms. The standard InChI is InChI=1S/C12H20N2O/c1-4-5-11(13)12(15)14(9(2)3)8-10-6-7-10/h1,9-11H,5-8,13H2,2-3H3. The summed E-state index contributed by atoms with van der Waals surface area (Å²) >= 11 is 0. The first-order chi connectivity index (χ1) is 7.06. The van der Waals surface area contributed by atoms with Crippen LogP contribution in [0.3, 0.4) is 0 Å². The SMILES string of the molecule is C#CCC(N)C(=O)N(CC1CC1)C(C)C. The first-order valence-corrected chi connectivity index (χ1v) is 5.55. The number of nitrogens with zero attached hydrogens (tertiary/aromatic N) is 1. The molecule has 0 aromatic carbocycles. The topological polar surface area (TPSA) is 46.3 Å². The van der Waals surface area contributed by atoms with Crippen LogP contribution in [0.4, 0.5) is 0 Å². The van der Waals surface area contributed by atoms with E-state index in [4.69, 9.17) is 12.2 Å². The Hall–Kier alpha value is -1.01. The Morgan fingerprint density at radius 1 is 1.60 bits per heavy atom. The smallest absolute Gasteiger partial charge is 0.240 e. The van der Waals surface area contributed by atoms with Crippen molar-refractivity contribution < 1.29 is 4.79 Å². The molecule has 84 valence electrons. The average molecular weight is 208 g/mol. The molecule has 1 saturated carbocycles. The predicted molar refractivity (Wildman–Crippen MR) is 61.0 cm³/mol. The van der Waals surface area contributed by atoms with E-state index < -0.39 is 6.04 Å². The van der Waals surface area contributed by atoms with Gasteiger partial charge in [-0.2, -0.15) is 0 Å². The van der Waals surface area contributed by atoms with Crippen LogP contribution in [0.15, 0.2) is 0 Å². The average Bonchev–Trinajstić information content (AvgIpc) is 2.96. The molecule has 3 nitrogen and oxygen atoms in total. The number of hydrogen-bond donors (Lipinski definition) is 1. The van der Waals surface area contributed by atoms with Crippen molar-refractivity contribution in [3.63, 3.8) is 0 Å². The number of amides is 1. The van der Waals surface area contributed by atoms with E-state index in [1.54, 1.807) is 0 Å². The van der Waals surface area contributed by atoms with Crippen LogP contribution in [0.2, 0.25) is 0 Å². The Morgan fingerprint density at radius 2 is 2.20 bits per heavy atom. The molecule has 0 aromatic rings. The van der Waals surface area contributed by atoms with E-state index >= 15 is 0 Å². The van der Waals surface area contributed by atoms with Crippen LogP contribution in [0.25, 0.3) is 0 Å². The van der Waals surface area contributed by atoms with Crippen molar-refractivity contribution in [2.75, 3.05) is 6.54 Å². The van der Waals surface area contributed by atoms with Gasteiger partial charge >= 0.3 is 0 Å². The van der Waals surface area contributed by atoms with Crippen molar-refractivity contribution in [2.45, 2.75) is 45.2 Å². The van der Waals surface area contributed by atoms with Crippen LogP contribution in [0.5, 0.6) is 0 Å². The van der Waals surface area contributed by atoms with E-state index in [-0.39, 0.29) is 11.9 Å². The second-order valence-corrected chi connectivity index (χ2v) is 4.54. The van der Waals surface area contributed by atoms with E-state index in [1.165, 1.54) is 12.8 Å². The van der Waals surface area contributed by atoms with Crippen molar-refractivity contribution in [1.29, 1.82) is 0 Å². The van der Waals surface area contributed by atoms with E-state index in [1.807, 2.05) is 18.7 Å². The van der Waals surface area contributed by atoms with Crippen molar-refractivity contribution >= 4 is 5.91 Å². The van der Waals surface area contributed by atoms with Gasteiger partial charge in [0, 0.05) is 19.0 Å². The van der Waals surface area contributed by atoms with E-state index in [0.29, 0.717) is 12.3 Å². The van der Waals surface area contributed by atoms with Crippen molar-refractivity contribution in [3.8, 4) is 12.3 Å². The quantitative estimate of drug-likeness (QED) is 0.685. The Kier molecular flexibility index (Phi) is 4.16. The first-order valence-electron chi connectivity index (χ1n) is 5.55. The number of carbonyl (C=O) groups excluding carboxylic acids is 1. The van der Waals surface area contributed by atoms with E-state index in [2.05, 4.69) is 5.92 Å². The molecule has 0 radical (unpaired) electrons. The summed E-state index contributed by atoms with van der Waals surface area (Å²) in [6.45, 7) is 4.88. The lowest BCUT2D eigenvalue weighted by Gasteiger charge is -2.29. The third-order valence-electron chi connectivity index (χ3n) is 2.71. The number of rotatable bonds is 5. The highest BCUT2D eigenvalue weighted by molar-refractivity contribution is 5.82. The highest BCUT2D eigenvalue weighted by Crippen LogP contribution is 2.30. The van der Waals surface area contributed by atoms with Gasteiger partial charge in [-0.05, 0) is 32.6 Å². The zero-order chi connectivity index (χ0) is 11.4. The minimum absolute atomic E-state index is 0.00477. The molecule has 0 aromatic heterocycles. The molecule has 1 rings (SSSR count). The third-order valence-corrected chi connectivity index (χ3v) is 2.71. The largest absolute Gasteiger partial charge is 0.339 e. The Bertz CT molecular complexity index is 263. The summed E-state index contributed by atoms with van der Waals surface area (Å²) in [6.07, 6.45) is 7.96. The summed E-state index contributed by atoms with van der Waals surface area (Å²) in [4.78, 5) is 13.8. The molecule has 0 heterocycles. The van der Waals surface area contributed by atoms with E-state index in [0.717, 1.165) is 6.54 Å².